The topological polar surface area (TPSA) is 41.1 Å². The van der Waals surface area contributed by atoms with Crippen molar-refractivity contribution in [2.45, 2.75) is 70.8 Å². The van der Waals surface area contributed by atoms with E-state index >= 15 is 0 Å². The summed E-state index contributed by atoms with van der Waals surface area (Å²) in [4.78, 5) is 14.2. The highest BCUT2D eigenvalue weighted by Crippen LogP contribution is 2.55. The molecule has 4 heteroatoms. The van der Waals surface area contributed by atoms with Crippen LogP contribution in [-0.2, 0) is 4.79 Å². The molecule has 2 N–H and O–H groups in total. The number of carbonyl (C=O) groups is 1. The highest BCUT2D eigenvalue weighted by Gasteiger charge is 2.47. The number of nitrogens with one attached hydrogen (secondary N) is 2. The fraction of sp³-hybridized carbons (Fsp3) is 0.560. The summed E-state index contributed by atoms with van der Waals surface area (Å²) < 4.78 is 0. The van der Waals surface area contributed by atoms with Gasteiger partial charge >= 0.3 is 0 Å². The average Bonchev–Trinajstić information content (AvgIpc) is 2.71. The van der Waals surface area contributed by atoms with Gasteiger partial charge in [-0.25, -0.2) is 0 Å². The second-order valence-electron chi connectivity index (χ2n) is 9.28. The molecule has 1 aromatic rings. The highest BCUT2D eigenvalue weighted by atomic mass is 32.2. The summed E-state index contributed by atoms with van der Waals surface area (Å²) in [5.41, 5.74) is 3.37. The molecule has 1 spiro atoms. The molecular formula is C25H34N2OS. The molecule has 2 aliphatic carbocycles. The van der Waals surface area contributed by atoms with Gasteiger partial charge in [0.15, 0.2) is 0 Å². The quantitative estimate of drug-likeness (QED) is 0.567. The summed E-state index contributed by atoms with van der Waals surface area (Å²) in [6.45, 7) is 8.88. The van der Waals surface area contributed by atoms with Crippen molar-refractivity contribution < 1.29 is 4.79 Å². The van der Waals surface area contributed by atoms with Gasteiger partial charge in [0.05, 0.1) is 4.91 Å². The molecule has 1 amide bonds. The molecule has 4 rings (SSSR count). The molecule has 2 fully saturated rings. The highest BCUT2D eigenvalue weighted by molar-refractivity contribution is 8.07. The van der Waals surface area contributed by atoms with Gasteiger partial charge in [0, 0.05) is 18.3 Å². The third-order valence-corrected chi connectivity index (χ3v) is 8.24. The Balaban J connectivity index is 1.28. The van der Waals surface area contributed by atoms with E-state index in [9.17, 15) is 4.79 Å². The minimum absolute atomic E-state index is 0.0698. The Kier molecular flexibility index (Phi) is 6.10. The van der Waals surface area contributed by atoms with Gasteiger partial charge in [0.1, 0.15) is 0 Å². The number of allylic oxidation sites excluding steroid dienone is 2. The molecular weight excluding hydrogens is 376 g/mol. The first kappa shape index (κ1) is 20.6. The van der Waals surface area contributed by atoms with Crippen LogP contribution in [0.3, 0.4) is 0 Å². The van der Waals surface area contributed by atoms with Crippen LogP contribution in [0.15, 0.2) is 46.7 Å². The van der Waals surface area contributed by atoms with Crippen LogP contribution in [0.2, 0.25) is 0 Å². The lowest BCUT2D eigenvalue weighted by Gasteiger charge is -2.53. The van der Waals surface area contributed by atoms with E-state index in [1.165, 1.54) is 55.1 Å². The first-order chi connectivity index (χ1) is 14.0. The molecule has 1 unspecified atom stereocenters. The Morgan fingerprint density at radius 3 is 2.66 bits per heavy atom. The van der Waals surface area contributed by atoms with E-state index in [2.05, 4.69) is 41.5 Å². The minimum Gasteiger partial charge on any atom is -0.385 e. The fourth-order valence-corrected chi connectivity index (χ4v) is 6.47. The van der Waals surface area contributed by atoms with Crippen molar-refractivity contribution in [2.75, 3.05) is 11.9 Å². The lowest BCUT2D eigenvalue weighted by Crippen LogP contribution is -2.52. The fourth-order valence-electron chi connectivity index (χ4n) is 5.82. The van der Waals surface area contributed by atoms with Crippen LogP contribution >= 0.6 is 11.8 Å². The Bertz CT molecular complexity index is 799. The first-order valence-electron chi connectivity index (χ1n) is 11.1. The van der Waals surface area contributed by atoms with Crippen molar-refractivity contribution in [1.82, 2.24) is 5.32 Å². The average molecular weight is 411 g/mol. The van der Waals surface area contributed by atoms with Crippen molar-refractivity contribution in [3.63, 3.8) is 0 Å². The standard InChI is InChI=1S/C25H34N2OS/c1-4-23(29-17(2)3)24(28)27-19-15-25(16-19)12-9-18(10-13-25)20-11-14-26-22-8-6-5-7-21(20)22/h4-8,18-20,26H,2,9-16H2,1,3H3,(H,27,28)/b23-4-. The maximum atomic E-state index is 12.5. The van der Waals surface area contributed by atoms with E-state index in [0.29, 0.717) is 11.5 Å². The molecule has 1 atom stereocenters. The summed E-state index contributed by atoms with van der Waals surface area (Å²) in [6.07, 6.45) is 10.8. The van der Waals surface area contributed by atoms with E-state index in [0.717, 1.165) is 41.0 Å². The second kappa shape index (κ2) is 8.59. The van der Waals surface area contributed by atoms with Gasteiger partial charge < -0.3 is 10.6 Å². The molecule has 0 radical (unpaired) electrons. The predicted molar refractivity (Wildman–Crippen MR) is 124 cm³/mol. The molecule has 3 aliphatic rings. The molecule has 1 aliphatic heterocycles. The van der Waals surface area contributed by atoms with Crippen LogP contribution in [-0.4, -0.2) is 18.5 Å². The van der Waals surface area contributed by atoms with Crippen LogP contribution in [0, 0.1) is 11.3 Å². The Morgan fingerprint density at radius 1 is 1.24 bits per heavy atom. The summed E-state index contributed by atoms with van der Waals surface area (Å²) in [5.74, 6) is 1.61. The molecule has 0 saturated heterocycles. The minimum atomic E-state index is 0.0698. The largest absolute Gasteiger partial charge is 0.385 e. The van der Waals surface area contributed by atoms with Crippen molar-refractivity contribution >= 4 is 23.4 Å². The smallest absolute Gasteiger partial charge is 0.257 e. The van der Waals surface area contributed by atoms with E-state index in [1.54, 1.807) is 0 Å². The van der Waals surface area contributed by atoms with Crippen LogP contribution in [0.5, 0.6) is 0 Å². The van der Waals surface area contributed by atoms with Crippen LogP contribution in [0.4, 0.5) is 5.69 Å². The van der Waals surface area contributed by atoms with E-state index in [4.69, 9.17) is 0 Å². The molecule has 3 nitrogen and oxygen atoms in total. The molecule has 156 valence electrons. The zero-order chi connectivity index (χ0) is 20.4. The van der Waals surface area contributed by atoms with Gasteiger partial charge in [0.2, 0.25) is 0 Å². The summed E-state index contributed by atoms with van der Waals surface area (Å²) in [7, 11) is 0. The number of rotatable bonds is 5. The van der Waals surface area contributed by atoms with Gasteiger partial charge in [-0.15, -0.1) is 0 Å². The van der Waals surface area contributed by atoms with E-state index in [1.807, 2.05) is 19.9 Å². The SMILES string of the molecule is C=C(C)S/C(=C\C)C(=O)NC1CC2(CCC(C3CCNc4ccccc43)CC2)C1. The number of amides is 1. The van der Waals surface area contributed by atoms with Crippen LogP contribution < -0.4 is 10.6 Å². The Labute approximate surface area is 179 Å². The number of benzene rings is 1. The normalized spacial score (nSPS) is 31.4. The number of carbonyl (C=O) groups excluding carboxylic acids is 1. The van der Waals surface area contributed by atoms with Gasteiger partial charge in [-0.2, -0.15) is 0 Å². The molecule has 0 bridgehead atoms. The number of fused-ring (bicyclic) bond motifs is 1. The lowest BCUT2D eigenvalue weighted by atomic mass is 9.55. The van der Waals surface area contributed by atoms with Crippen molar-refractivity contribution in [2.24, 2.45) is 11.3 Å². The monoisotopic (exact) mass is 410 g/mol. The third kappa shape index (κ3) is 4.42. The maximum absolute atomic E-state index is 12.5. The number of thioether (sulfide) groups is 1. The molecule has 1 aromatic carbocycles. The number of anilines is 1. The van der Waals surface area contributed by atoms with E-state index in [-0.39, 0.29) is 5.91 Å². The van der Waals surface area contributed by atoms with Gasteiger partial charge in [0.25, 0.3) is 5.91 Å². The van der Waals surface area contributed by atoms with Gasteiger partial charge in [-0.3, -0.25) is 4.79 Å². The van der Waals surface area contributed by atoms with Gasteiger partial charge in [-0.05, 0) is 92.6 Å². The summed E-state index contributed by atoms with van der Waals surface area (Å²) in [5, 5.41) is 6.82. The number of hydrogen-bond acceptors (Lipinski definition) is 3. The summed E-state index contributed by atoms with van der Waals surface area (Å²) in [6, 6.07) is 9.23. The Morgan fingerprint density at radius 2 is 1.97 bits per heavy atom. The van der Waals surface area contributed by atoms with Gasteiger partial charge in [-0.1, -0.05) is 42.6 Å². The molecule has 2 saturated carbocycles. The second-order valence-corrected chi connectivity index (χ2v) is 10.6. The lowest BCUT2D eigenvalue weighted by molar-refractivity contribution is -0.119. The van der Waals surface area contributed by atoms with Crippen LogP contribution in [0.25, 0.3) is 0 Å². The molecule has 1 heterocycles. The van der Waals surface area contributed by atoms with E-state index < -0.39 is 0 Å². The number of para-hydroxylation sites is 1. The third-order valence-electron chi connectivity index (χ3n) is 7.26. The maximum Gasteiger partial charge on any atom is 0.257 e. The summed E-state index contributed by atoms with van der Waals surface area (Å²) >= 11 is 1.47. The zero-order valence-corrected chi connectivity index (χ0v) is 18.6. The molecule has 0 aromatic heterocycles. The van der Waals surface area contributed by atoms with Crippen molar-refractivity contribution in [3.05, 3.63) is 52.3 Å². The van der Waals surface area contributed by atoms with Crippen LogP contribution in [0.1, 0.15) is 70.3 Å². The molecule has 29 heavy (non-hydrogen) atoms. The first-order valence-corrected chi connectivity index (χ1v) is 11.9. The predicted octanol–water partition coefficient (Wildman–Crippen LogP) is 6.21. The van der Waals surface area contributed by atoms with Crippen molar-refractivity contribution in [1.29, 1.82) is 0 Å². The zero-order valence-electron chi connectivity index (χ0n) is 17.8. The Hall–Kier alpha value is -1.68. The number of hydrogen-bond donors (Lipinski definition) is 2. The van der Waals surface area contributed by atoms with Crippen molar-refractivity contribution in [3.8, 4) is 0 Å².